The third kappa shape index (κ3) is 3.46. The standard InChI is InChI=1S/C11H17IO5/c1-5-11(4,12)8(13)17-10(2,3)7-6-15-9(14)16-7/h7H,5-6H2,1-4H3. The van der Waals surface area contributed by atoms with Crippen molar-refractivity contribution < 1.29 is 23.8 Å². The van der Waals surface area contributed by atoms with Crippen LogP contribution in [0, 0.1) is 0 Å². The van der Waals surface area contributed by atoms with E-state index in [1.807, 2.05) is 13.8 Å². The fourth-order valence-corrected chi connectivity index (χ4v) is 1.34. The molecule has 1 aliphatic heterocycles. The molecule has 17 heavy (non-hydrogen) atoms. The molecule has 1 fully saturated rings. The van der Waals surface area contributed by atoms with Crippen LogP contribution in [0.25, 0.3) is 0 Å². The Balaban J connectivity index is 2.66. The van der Waals surface area contributed by atoms with Crippen molar-refractivity contribution in [2.24, 2.45) is 0 Å². The molecule has 2 atom stereocenters. The maximum Gasteiger partial charge on any atom is 0.508 e. The third-order valence-electron chi connectivity index (χ3n) is 2.81. The molecule has 98 valence electrons. The first-order valence-corrected chi connectivity index (χ1v) is 6.52. The predicted molar refractivity (Wildman–Crippen MR) is 69.1 cm³/mol. The second kappa shape index (κ2) is 4.99. The summed E-state index contributed by atoms with van der Waals surface area (Å²) in [7, 11) is 0. The molecular weight excluding hydrogens is 339 g/mol. The Morgan fingerprint density at radius 3 is 2.53 bits per heavy atom. The van der Waals surface area contributed by atoms with Crippen molar-refractivity contribution in [3.05, 3.63) is 0 Å². The van der Waals surface area contributed by atoms with E-state index in [1.165, 1.54) is 0 Å². The summed E-state index contributed by atoms with van der Waals surface area (Å²) < 4.78 is 14.5. The number of cyclic esters (lactones) is 2. The summed E-state index contributed by atoms with van der Waals surface area (Å²) in [6.07, 6.45) is -0.599. The molecule has 0 bridgehead atoms. The van der Waals surface area contributed by atoms with Gasteiger partial charge in [0.1, 0.15) is 15.6 Å². The molecular formula is C11H17IO5. The summed E-state index contributed by atoms with van der Waals surface area (Å²) in [5, 5.41) is 0. The summed E-state index contributed by atoms with van der Waals surface area (Å²) in [5.74, 6) is -0.312. The van der Waals surface area contributed by atoms with Crippen molar-refractivity contribution in [2.75, 3.05) is 6.61 Å². The Hall–Kier alpha value is -0.530. The molecule has 2 unspecified atom stereocenters. The molecule has 1 heterocycles. The number of carbonyl (C=O) groups excluding carboxylic acids is 2. The maximum atomic E-state index is 11.9. The highest BCUT2D eigenvalue weighted by molar-refractivity contribution is 14.1. The highest BCUT2D eigenvalue weighted by Crippen LogP contribution is 2.29. The second-order valence-electron chi connectivity index (χ2n) is 4.71. The van der Waals surface area contributed by atoms with E-state index in [0.29, 0.717) is 6.42 Å². The van der Waals surface area contributed by atoms with Gasteiger partial charge in [-0.3, -0.25) is 4.79 Å². The molecule has 5 nitrogen and oxygen atoms in total. The van der Waals surface area contributed by atoms with Gasteiger partial charge >= 0.3 is 12.1 Å². The first kappa shape index (κ1) is 14.5. The first-order chi connectivity index (χ1) is 7.69. The number of hydrogen-bond donors (Lipinski definition) is 0. The lowest BCUT2D eigenvalue weighted by molar-refractivity contribution is -0.167. The topological polar surface area (TPSA) is 61.8 Å². The maximum absolute atomic E-state index is 11.9. The van der Waals surface area contributed by atoms with E-state index in [4.69, 9.17) is 14.2 Å². The SMILES string of the molecule is CCC(C)(I)C(=O)OC(C)(C)C1COC(=O)O1. The van der Waals surface area contributed by atoms with Gasteiger partial charge in [-0.2, -0.15) is 0 Å². The van der Waals surface area contributed by atoms with Gasteiger partial charge in [-0.25, -0.2) is 4.79 Å². The van der Waals surface area contributed by atoms with Crippen LogP contribution in [0.5, 0.6) is 0 Å². The molecule has 0 N–H and O–H groups in total. The first-order valence-electron chi connectivity index (χ1n) is 5.45. The number of rotatable bonds is 4. The molecule has 0 spiro atoms. The van der Waals surface area contributed by atoms with Crippen molar-refractivity contribution in [2.45, 2.75) is 49.2 Å². The zero-order valence-corrected chi connectivity index (χ0v) is 12.6. The number of alkyl halides is 1. The van der Waals surface area contributed by atoms with Gasteiger partial charge in [-0.15, -0.1) is 0 Å². The molecule has 1 aliphatic rings. The molecule has 0 aromatic carbocycles. The van der Waals surface area contributed by atoms with Gasteiger partial charge < -0.3 is 14.2 Å². The Morgan fingerprint density at radius 1 is 1.53 bits per heavy atom. The minimum absolute atomic E-state index is 0.114. The monoisotopic (exact) mass is 356 g/mol. The highest BCUT2D eigenvalue weighted by Gasteiger charge is 2.44. The Kier molecular flexibility index (Phi) is 4.27. The van der Waals surface area contributed by atoms with Gasteiger partial charge in [0.25, 0.3) is 0 Å². The molecule has 6 heteroatoms. The Morgan fingerprint density at radius 2 is 2.12 bits per heavy atom. The fourth-order valence-electron chi connectivity index (χ4n) is 1.23. The molecule has 0 radical (unpaired) electrons. The van der Waals surface area contributed by atoms with Crippen molar-refractivity contribution in [3.63, 3.8) is 0 Å². The van der Waals surface area contributed by atoms with Gasteiger partial charge in [0.2, 0.25) is 0 Å². The minimum atomic E-state index is -0.884. The van der Waals surface area contributed by atoms with Crippen LogP contribution in [-0.2, 0) is 19.0 Å². The zero-order chi connectivity index (χ0) is 13.3. The smallest absolute Gasteiger partial charge is 0.455 e. The number of ether oxygens (including phenoxy) is 3. The minimum Gasteiger partial charge on any atom is -0.455 e. The lowest BCUT2D eigenvalue weighted by Gasteiger charge is -2.31. The summed E-state index contributed by atoms with van der Waals surface area (Å²) in [4.78, 5) is 22.8. The molecule has 1 rings (SSSR count). The summed E-state index contributed by atoms with van der Waals surface area (Å²) in [6.45, 7) is 7.26. The lowest BCUT2D eigenvalue weighted by atomic mass is 10.0. The average molecular weight is 356 g/mol. The van der Waals surface area contributed by atoms with E-state index >= 15 is 0 Å². The van der Waals surface area contributed by atoms with Gasteiger partial charge in [-0.05, 0) is 27.2 Å². The molecule has 1 saturated heterocycles. The van der Waals surface area contributed by atoms with E-state index < -0.39 is 21.3 Å². The summed E-state index contributed by atoms with van der Waals surface area (Å²) in [6, 6.07) is 0. The quantitative estimate of drug-likeness (QED) is 0.440. The van der Waals surface area contributed by atoms with Crippen molar-refractivity contribution in [3.8, 4) is 0 Å². The molecule has 0 amide bonds. The van der Waals surface area contributed by atoms with E-state index in [2.05, 4.69) is 22.6 Å². The average Bonchev–Trinajstić information content (AvgIpc) is 2.65. The highest BCUT2D eigenvalue weighted by atomic mass is 127. The van der Waals surface area contributed by atoms with Gasteiger partial charge in [0.15, 0.2) is 6.10 Å². The van der Waals surface area contributed by atoms with Gasteiger partial charge in [-0.1, -0.05) is 29.5 Å². The van der Waals surface area contributed by atoms with E-state index in [1.54, 1.807) is 13.8 Å². The summed E-state index contributed by atoms with van der Waals surface area (Å²) >= 11 is 2.06. The van der Waals surface area contributed by atoms with Crippen molar-refractivity contribution >= 4 is 34.7 Å². The molecule has 0 saturated carbocycles. The van der Waals surface area contributed by atoms with Crippen LogP contribution >= 0.6 is 22.6 Å². The van der Waals surface area contributed by atoms with Crippen LogP contribution in [0.15, 0.2) is 0 Å². The summed E-state index contributed by atoms with van der Waals surface area (Å²) in [5.41, 5.74) is -0.884. The van der Waals surface area contributed by atoms with Crippen molar-refractivity contribution in [1.82, 2.24) is 0 Å². The van der Waals surface area contributed by atoms with Crippen LogP contribution in [0.1, 0.15) is 34.1 Å². The number of carbonyl (C=O) groups is 2. The van der Waals surface area contributed by atoms with E-state index in [0.717, 1.165) is 0 Å². The molecule has 0 aliphatic carbocycles. The zero-order valence-electron chi connectivity index (χ0n) is 10.4. The number of halogens is 1. The number of hydrogen-bond acceptors (Lipinski definition) is 5. The van der Waals surface area contributed by atoms with Crippen LogP contribution < -0.4 is 0 Å². The van der Waals surface area contributed by atoms with Crippen LogP contribution in [0.3, 0.4) is 0 Å². The molecule has 0 aromatic rings. The van der Waals surface area contributed by atoms with E-state index in [9.17, 15) is 9.59 Å². The largest absolute Gasteiger partial charge is 0.508 e. The van der Waals surface area contributed by atoms with E-state index in [-0.39, 0.29) is 12.6 Å². The Bertz CT molecular complexity index is 324. The Labute approximate surface area is 114 Å². The van der Waals surface area contributed by atoms with Crippen LogP contribution in [-0.4, -0.2) is 33.9 Å². The fraction of sp³-hybridized carbons (Fsp3) is 0.818. The third-order valence-corrected chi connectivity index (χ3v) is 4.01. The second-order valence-corrected chi connectivity index (χ2v) is 7.09. The number of esters is 1. The predicted octanol–water partition coefficient (Wildman–Crippen LogP) is 2.45. The van der Waals surface area contributed by atoms with Crippen molar-refractivity contribution in [1.29, 1.82) is 0 Å². The van der Waals surface area contributed by atoms with Gasteiger partial charge in [0, 0.05) is 0 Å². The van der Waals surface area contributed by atoms with Crippen LogP contribution in [0.4, 0.5) is 4.79 Å². The lowest BCUT2D eigenvalue weighted by Crippen LogP contribution is -2.46. The normalized spacial score (nSPS) is 23.6. The molecule has 0 aromatic heterocycles. The van der Waals surface area contributed by atoms with Crippen LogP contribution in [0.2, 0.25) is 0 Å². The van der Waals surface area contributed by atoms with Gasteiger partial charge in [0.05, 0.1) is 0 Å².